The van der Waals surface area contributed by atoms with Gasteiger partial charge in [-0.25, -0.2) is 4.79 Å². The van der Waals surface area contributed by atoms with Crippen molar-refractivity contribution in [2.75, 3.05) is 5.32 Å². The molecule has 0 unspecified atom stereocenters. The van der Waals surface area contributed by atoms with Crippen molar-refractivity contribution < 1.29 is 24.2 Å². The molecule has 28 heavy (non-hydrogen) atoms. The average molecular weight is 404 g/mol. The molecule has 1 aromatic rings. The van der Waals surface area contributed by atoms with Crippen LogP contribution in [0.25, 0.3) is 0 Å². The normalized spacial score (nSPS) is 27.7. The Morgan fingerprint density at radius 2 is 1.82 bits per heavy atom. The van der Waals surface area contributed by atoms with Crippen LogP contribution in [-0.4, -0.2) is 29.1 Å². The lowest BCUT2D eigenvalue weighted by Gasteiger charge is -2.41. The summed E-state index contributed by atoms with van der Waals surface area (Å²) in [5, 5.41) is 13.1. The molecule has 2 N–H and O–H groups in total. The van der Waals surface area contributed by atoms with Gasteiger partial charge in [0, 0.05) is 4.88 Å². The van der Waals surface area contributed by atoms with Crippen LogP contribution in [0.4, 0.5) is 5.00 Å². The molecule has 4 atom stereocenters. The standard InChI is InChI=1S/C21H25NO5S/c1-10(2)27-21(26)17-13-4-3-5-14(13)28-19(17)22-18(23)15-11-6-8-12(9-7-11)16(15)20(24)25/h6,8,10-12,15-16H,3-5,7,9H2,1-2H3,(H,22,23)(H,24,25)/t11-,12-,15+,16-/m0/s1. The minimum absolute atomic E-state index is 0.0658. The van der Waals surface area contributed by atoms with Crippen LogP contribution in [0.3, 0.4) is 0 Å². The van der Waals surface area contributed by atoms with Gasteiger partial charge >= 0.3 is 11.9 Å². The van der Waals surface area contributed by atoms with Crippen LogP contribution in [0.2, 0.25) is 0 Å². The number of aryl methyl sites for hydroxylation is 1. The summed E-state index contributed by atoms with van der Waals surface area (Å²) in [5.41, 5.74) is 1.44. The van der Waals surface area contributed by atoms with Gasteiger partial charge in [-0.1, -0.05) is 12.2 Å². The maximum Gasteiger partial charge on any atom is 0.341 e. The highest BCUT2D eigenvalue weighted by atomic mass is 32.1. The Labute approximate surface area is 168 Å². The second-order valence-corrected chi connectivity index (χ2v) is 9.29. The van der Waals surface area contributed by atoms with Gasteiger partial charge in [0.15, 0.2) is 0 Å². The second kappa shape index (κ2) is 7.35. The van der Waals surface area contributed by atoms with Crippen molar-refractivity contribution >= 4 is 34.2 Å². The number of nitrogens with one attached hydrogen (secondary N) is 1. The number of aliphatic carboxylic acids is 1. The van der Waals surface area contributed by atoms with Crippen molar-refractivity contribution in [3.63, 3.8) is 0 Å². The second-order valence-electron chi connectivity index (χ2n) is 8.18. The van der Waals surface area contributed by atoms with Crippen LogP contribution >= 0.6 is 11.3 Å². The molecular weight excluding hydrogens is 378 g/mol. The summed E-state index contributed by atoms with van der Waals surface area (Å²) >= 11 is 1.43. The average Bonchev–Trinajstić information content (AvgIpc) is 3.21. The molecule has 0 aliphatic heterocycles. The number of hydrogen-bond donors (Lipinski definition) is 2. The fourth-order valence-electron chi connectivity index (χ4n) is 4.86. The first-order valence-electron chi connectivity index (χ1n) is 9.94. The molecule has 1 fully saturated rings. The fourth-order valence-corrected chi connectivity index (χ4v) is 6.15. The van der Waals surface area contributed by atoms with Gasteiger partial charge in [0.1, 0.15) is 5.00 Å². The minimum atomic E-state index is -0.924. The summed E-state index contributed by atoms with van der Waals surface area (Å²) in [4.78, 5) is 38.8. The quantitative estimate of drug-likeness (QED) is 0.578. The number of thiophene rings is 1. The summed E-state index contributed by atoms with van der Waals surface area (Å²) < 4.78 is 5.41. The fraction of sp³-hybridized carbons (Fsp3) is 0.571. The molecule has 1 amide bonds. The number of hydrogen-bond acceptors (Lipinski definition) is 5. The van der Waals surface area contributed by atoms with Crippen LogP contribution in [0.15, 0.2) is 12.2 Å². The SMILES string of the molecule is CC(C)OC(=O)c1c(NC(=O)[C@H]2[C@@H](C(=O)O)[C@H]3C=C[C@H]2CC3)sc2c1CCC2. The number of allylic oxidation sites excluding steroid dienone is 2. The first kappa shape index (κ1) is 19.2. The molecule has 1 aromatic heterocycles. The van der Waals surface area contributed by atoms with E-state index in [0.29, 0.717) is 10.6 Å². The van der Waals surface area contributed by atoms with Gasteiger partial charge in [0.25, 0.3) is 0 Å². The number of amides is 1. The van der Waals surface area contributed by atoms with Gasteiger partial charge < -0.3 is 15.2 Å². The molecule has 6 nitrogen and oxygen atoms in total. The first-order valence-corrected chi connectivity index (χ1v) is 10.8. The van der Waals surface area contributed by atoms with Crippen molar-refractivity contribution in [2.45, 2.75) is 52.1 Å². The Morgan fingerprint density at radius 1 is 1.14 bits per heavy atom. The van der Waals surface area contributed by atoms with Crippen molar-refractivity contribution in [1.82, 2.24) is 0 Å². The van der Waals surface area contributed by atoms with Crippen LogP contribution in [0.1, 0.15) is 53.9 Å². The number of carboxylic acids is 1. The van der Waals surface area contributed by atoms with Crippen LogP contribution in [0.5, 0.6) is 0 Å². The molecule has 1 heterocycles. The van der Waals surface area contributed by atoms with E-state index < -0.39 is 23.8 Å². The van der Waals surface area contributed by atoms with Crippen LogP contribution in [0, 0.1) is 23.7 Å². The van der Waals surface area contributed by atoms with Crippen molar-refractivity contribution in [1.29, 1.82) is 0 Å². The van der Waals surface area contributed by atoms with Crippen molar-refractivity contribution in [3.05, 3.63) is 28.2 Å². The molecule has 7 heteroatoms. The summed E-state index contributed by atoms with van der Waals surface area (Å²) in [5.74, 6) is -3.11. The third kappa shape index (κ3) is 3.26. The number of esters is 1. The lowest BCUT2D eigenvalue weighted by Crippen LogP contribution is -2.47. The summed E-state index contributed by atoms with van der Waals surface area (Å²) in [6.07, 6.45) is 8.01. The Bertz CT molecular complexity index is 855. The van der Waals surface area contributed by atoms with Gasteiger partial charge in [-0.2, -0.15) is 0 Å². The number of anilines is 1. The highest BCUT2D eigenvalue weighted by Gasteiger charge is 2.48. The Hall–Kier alpha value is -2.15. The van der Waals surface area contributed by atoms with E-state index in [9.17, 15) is 19.5 Å². The zero-order valence-electron chi connectivity index (χ0n) is 16.1. The van der Waals surface area contributed by atoms with Crippen molar-refractivity contribution in [2.24, 2.45) is 23.7 Å². The molecule has 0 spiro atoms. The maximum absolute atomic E-state index is 13.1. The number of rotatable bonds is 5. The topological polar surface area (TPSA) is 92.7 Å². The first-order chi connectivity index (χ1) is 13.4. The van der Waals surface area contributed by atoms with Gasteiger partial charge in [-0.3, -0.25) is 9.59 Å². The minimum Gasteiger partial charge on any atom is -0.481 e. The number of carbonyl (C=O) groups excluding carboxylic acids is 2. The predicted octanol–water partition coefficient (Wildman–Crippen LogP) is 3.65. The summed E-state index contributed by atoms with van der Waals surface area (Å²) in [6, 6.07) is 0. The highest BCUT2D eigenvalue weighted by molar-refractivity contribution is 7.17. The maximum atomic E-state index is 13.1. The van der Waals surface area contributed by atoms with Crippen LogP contribution < -0.4 is 5.32 Å². The Balaban J connectivity index is 1.62. The summed E-state index contributed by atoms with van der Waals surface area (Å²) in [6.45, 7) is 3.59. The van der Waals surface area contributed by atoms with E-state index >= 15 is 0 Å². The molecule has 0 aromatic carbocycles. The molecule has 5 rings (SSSR count). The third-order valence-electron chi connectivity index (χ3n) is 6.04. The zero-order valence-corrected chi connectivity index (χ0v) is 16.9. The lowest BCUT2D eigenvalue weighted by molar-refractivity contribution is -0.151. The van der Waals surface area contributed by atoms with Crippen LogP contribution in [-0.2, 0) is 27.2 Å². The molecule has 4 aliphatic carbocycles. The van der Waals surface area contributed by atoms with Gasteiger partial charge in [0.2, 0.25) is 5.91 Å². The summed E-state index contributed by atoms with van der Waals surface area (Å²) in [7, 11) is 0. The number of fused-ring (bicyclic) bond motifs is 3. The number of carboxylic acid groups (broad SMARTS) is 1. The Kier molecular flexibility index (Phi) is 5.04. The monoisotopic (exact) mass is 403 g/mol. The Morgan fingerprint density at radius 3 is 2.43 bits per heavy atom. The smallest absolute Gasteiger partial charge is 0.341 e. The van der Waals surface area contributed by atoms with E-state index in [-0.39, 0.29) is 23.8 Å². The van der Waals surface area contributed by atoms with Crippen molar-refractivity contribution in [3.8, 4) is 0 Å². The van der Waals surface area contributed by atoms with Gasteiger partial charge in [-0.15, -0.1) is 11.3 Å². The molecule has 4 aliphatic rings. The van der Waals surface area contributed by atoms with Gasteiger partial charge in [0.05, 0.1) is 23.5 Å². The molecule has 0 saturated heterocycles. The van der Waals surface area contributed by atoms with E-state index in [1.54, 1.807) is 13.8 Å². The van der Waals surface area contributed by atoms with E-state index in [0.717, 1.165) is 42.5 Å². The highest BCUT2D eigenvalue weighted by Crippen LogP contribution is 2.46. The van der Waals surface area contributed by atoms with E-state index in [2.05, 4.69) is 5.32 Å². The zero-order chi connectivity index (χ0) is 20.0. The molecular formula is C21H25NO5S. The molecule has 150 valence electrons. The van der Waals surface area contributed by atoms with E-state index in [1.165, 1.54) is 11.3 Å². The number of carbonyl (C=O) groups is 3. The molecule has 1 saturated carbocycles. The number of ether oxygens (including phenoxy) is 1. The van der Waals surface area contributed by atoms with E-state index in [1.807, 2.05) is 12.2 Å². The molecule has 0 radical (unpaired) electrons. The van der Waals surface area contributed by atoms with Gasteiger partial charge in [-0.05, 0) is 63.4 Å². The van der Waals surface area contributed by atoms with E-state index in [4.69, 9.17) is 4.74 Å². The largest absolute Gasteiger partial charge is 0.481 e. The third-order valence-corrected chi connectivity index (χ3v) is 7.25. The lowest BCUT2D eigenvalue weighted by atomic mass is 9.62. The molecule has 2 bridgehead atoms. The predicted molar refractivity (Wildman–Crippen MR) is 105 cm³/mol.